The molecule has 2 aromatic rings. The highest BCUT2D eigenvalue weighted by Crippen LogP contribution is 2.35. The Morgan fingerprint density at radius 2 is 1.64 bits per heavy atom. The minimum Gasteiger partial charge on any atom is -0.486 e. The van der Waals surface area contributed by atoms with Gasteiger partial charge in [0.1, 0.15) is 19.0 Å². The lowest BCUT2D eigenvalue weighted by Gasteiger charge is -2.25. The van der Waals surface area contributed by atoms with E-state index in [9.17, 15) is 12.8 Å². The summed E-state index contributed by atoms with van der Waals surface area (Å²) >= 11 is 0. The molecule has 0 saturated carbocycles. The van der Waals surface area contributed by atoms with Crippen LogP contribution in [0.2, 0.25) is 0 Å². The van der Waals surface area contributed by atoms with Gasteiger partial charge in [-0.1, -0.05) is 19.9 Å². The average Bonchev–Trinajstić information content (AvgIpc) is 2.59. The van der Waals surface area contributed by atoms with Gasteiger partial charge in [-0.2, -0.15) is 0 Å². The third-order valence-corrected chi connectivity index (χ3v) is 5.46. The number of halogens is 1. The fourth-order valence-electron chi connectivity index (χ4n) is 2.69. The average molecular weight is 365 g/mol. The fourth-order valence-corrected chi connectivity index (χ4v) is 4.06. The Hall–Kier alpha value is -2.12. The SMILES string of the molecule is CC(C)[C@H](NS(=O)(=O)c1ccc(F)cc1)c1ccc2c(c1)OCCO2. The number of nitrogens with one attached hydrogen (secondary N) is 1. The van der Waals surface area contributed by atoms with E-state index in [2.05, 4.69) is 4.72 Å². The highest BCUT2D eigenvalue weighted by molar-refractivity contribution is 7.89. The Labute approximate surface area is 146 Å². The van der Waals surface area contributed by atoms with E-state index in [1.165, 1.54) is 12.1 Å². The van der Waals surface area contributed by atoms with Crippen LogP contribution in [-0.4, -0.2) is 21.6 Å². The molecule has 0 fully saturated rings. The fraction of sp³-hybridized carbons (Fsp3) is 0.333. The second kappa shape index (κ2) is 7.01. The number of hydrogen-bond acceptors (Lipinski definition) is 4. The van der Waals surface area contributed by atoms with Crippen LogP contribution in [0.4, 0.5) is 4.39 Å². The van der Waals surface area contributed by atoms with Crippen LogP contribution in [0.1, 0.15) is 25.5 Å². The van der Waals surface area contributed by atoms with Crippen LogP contribution in [0.25, 0.3) is 0 Å². The van der Waals surface area contributed by atoms with Gasteiger partial charge in [-0.3, -0.25) is 0 Å². The molecular formula is C18H20FNO4S. The molecule has 0 aromatic heterocycles. The summed E-state index contributed by atoms with van der Waals surface area (Å²) in [6.07, 6.45) is 0. The van der Waals surface area contributed by atoms with Gasteiger partial charge in [0, 0.05) is 6.04 Å². The van der Waals surface area contributed by atoms with Crippen molar-refractivity contribution in [1.82, 2.24) is 4.72 Å². The maximum atomic E-state index is 13.0. The molecule has 0 spiro atoms. The normalized spacial score (nSPS) is 15.2. The van der Waals surface area contributed by atoms with Crippen molar-refractivity contribution in [3.8, 4) is 11.5 Å². The molecule has 1 aliphatic rings. The summed E-state index contributed by atoms with van der Waals surface area (Å²) < 4.78 is 52.1. The Kier molecular flexibility index (Phi) is 4.96. The molecule has 0 bridgehead atoms. The van der Waals surface area contributed by atoms with E-state index in [1.807, 2.05) is 19.9 Å². The number of sulfonamides is 1. The molecule has 25 heavy (non-hydrogen) atoms. The van der Waals surface area contributed by atoms with E-state index >= 15 is 0 Å². The summed E-state index contributed by atoms with van der Waals surface area (Å²) in [5.74, 6) is 0.776. The molecule has 1 atom stereocenters. The summed E-state index contributed by atoms with van der Waals surface area (Å²) in [7, 11) is -3.78. The van der Waals surface area contributed by atoms with Gasteiger partial charge in [0.05, 0.1) is 4.90 Å². The minimum atomic E-state index is -3.78. The molecule has 0 saturated heterocycles. The third-order valence-electron chi connectivity index (χ3n) is 4.00. The van der Waals surface area contributed by atoms with Gasteiger partial charge in [0.25, 0.3) is 0 Å². The quantitative estimate of drug-likeness (QED) is 0.883. The van der Waals surface area contributed by atoms with Crippen molar-refractivity contribution in [1.29, 1.82) is 0 Å². The van der Waals surface area contributed by atoms with Gasteiger partial charge in [0.15, 0.2) is 11.5 Å². The maximum Gasteiger partial charge on any atom is 0.241 e. The van der Waals surface area contributed by atoms with Crippen LogP contribution in [0.5, 0.6) is 11.5 Å². The predicted octanol–water partition coefficient (Wildman–Crippen LogP) is 3.27. The van der Waals surface area contributed by atoms with Gasteiger partial charge in [0.2, 0.25) is 10.0 Å². The number of ether oxygens (including phenoxy) is 2. The molecule has 7 heteroatoms. The molecule has 134 valence electrons. The van der Waals surface area contributed by atoms with E-state index in [0.29, 0.717) is 24.7 Å². The molecule has 1 N–H and O–H groups in total. The summed E-state index contributed by atoms with van der Waals surface area (Å²) in [4.78, 5) is 0.0251. The zero-order chi connectivity index (χ0) is 18.0. The first kappa shape index (κ1) is 17.7. The van der Waals surface area contributed by atoms with Crippen molar-refractivity contribution in [2.45, 2.75) is 24.8 Å². The summed E-state index contributed by atoms with van der Waals surface area (Å²) in [5, 5.41) is 0. The Morgan fingerprint density at radius 1 is 1.00 bits per heavy atom. The monoisotopic (exact) mass is 365 g/mol. The van der Waals surface area contributed by atoms with Crippen LogP contribution in [0.3, 0.4) is 0 Å². The lowest BCUT2D eigenvalue weighted by Crippen LogP contribution is -2.32. The molecule has 1 heterocycles. The zero-order valence-corrected chi connectivity index (χ0v) is 14.8. The van der Waals surface area contributed by atoms with Crippen LogP contribution in [0.15, 0.2) is 47.4 Å². The highest BCUT2D eigenvalue weighted by atomic mass is 32.2. The number of rotatable bonds is 5. The highest BCUT2D eigenvalue weighted by Gasteiger charge is 2.25. The maximum absolute atomic E-state index is 13.0. The van der Waals surface area contributed by atoms with Crippen LogP contribution in [-0.2, 0) is 10.0 Å². The van der Waals surface area contributed by atoms with E-state index in [4.69, 9.17) is 9.47 Å². The van der Waals surface area contributed by atoms with Gasteiger partial charge >= 0.3 is 0 Å². The molecule has 0 amide bonds. The van der Waals surface area contributed by atoms with Gasteiger partial charge in [-0.05, 0) is 47.9 Å². The number of benzene rings is 2. The van der Waals surface area contributed by atoms with Crippen molar-refractivity contribution in [3.05, 3.63) is 53.8 Å². The van der Waals surface area contributed by atoms with Crippen molar-refractivity contribution < 1.29 is 22.3 Å². The number of hydrogen-bond donors (Lipinski definition) is 1. The second-order valence-electron chi connectivity index (χ2n) is 6.20. The zero-order valence-electron chi connectivity index (χ0n) is 14.0. The lowest BCUT2D eigenvalue weighted by molar-refractivity contribution is 0.171. The van der Waals surface area contributed by atoms with Gasteiger partial charge in [-0.25, -0.2) is 17.5 Å². The standard InChI is InChI=1S/C18H20FNO4S/c1-12(2)18(13-3-8-16-17(11-13)24-10-9-23-16)20-25(21,22)15-6-4-14(19)5-7-15/h3-8,11-12,18,20H,9-10H2,1-2H3/t18-/m0/s1. The van der Waals surface area contributed by atoms with Gasteiger partial charge in [-0.15, -0.1) is 0 Å². The van der Waals surface area contributed by atoms with Crippen molar-refractivity contribution in [3.63, 3.8) is 0 Å². The Bertz CT molecular complexity index is 850. The Morgan fingerprint density at radius 3 is 2.28 bits per heavy atom. The summed E-state index contributed by atoms with van der Waals surface area (Å²) in [6.45, 7) is 4.81. The van der Waals surface area contributed by atoms with Crippen LogP contribution >= 0.6 is 0 Å². The smallest absolute Gasteiger partial charge is 0.241 e. The minimum absolute atomic E-state index is 0.00205. The summed E-state index contributed by atoms with van der Waals surface area (Å²) in [5.41, 5.74) is 0.782. The van der Waals surface area contributed by atoms with E-state index in [1.54, 1.807) is 12.1 Å². The molecule has 1 aliphatic heterocycles. The first-order chi connectivity index (χ1) is 11.9. The Balaban J connectivity index is 1.90. The molecule has 0 aliphatic carbocycles. The topological polar surface area (TPSA) is 64.6 Å². The van der Waals surface area contributed by atoms with Crippen molar-refractivity contribution in [2.75, 3.05) is 13.2 Å². The van der Waals surface area contributed by atoms with Crippen LogP contribution in [0, 0.1) is 11.7 Å². The third kappa shape index (κ3) is 3.93. The van der Waals surface area contributed by atoms with E-state index in [0.717, 1.165) is 17.7 Å². The number of fused-ring (bicyclic) bond motifs is 1. The molecule has 0 unspecified atom stereocenters. The van der Waals surface area contributed by atoms with Crippen LogP contribution < -0.4 is 14.2 Å². The van der Waals surface area contributed by atoms with Gasteiger partial charge < -0.3 is 9.47 Å². The molecular weight excluding hydrogens is 345 g/mol. The molecule has 2 aromatic carbocycles. The lowest BCUT2D eigenvalue weighted by atomic mass is 9.97. The largest absolute Gasteiger partial charge is 0.486 e. The van der Waals surface area contributed by atoms with E-state index < -0.39 is 21.9 Å². The predicted molar refractivity (Wildman–Crippen MR) is 91.7 cm³/mol. The summed E-state index contributed by atoms with van der Waals surface area (Å²) in [6, 6.07) is 9.71. The first-order valence-corrected chi connectivity index (χ1v) is 9.52. The second-order valence-corrected chi connectivity index (χ2v) is 7.91. The van der Waals surface area contributed by atoms with Crippen molar-refractivity contribution in [2.24, 2.45) is 5.92 Å². The molecule has 3 rings (SSSR count). The molecule has 5 nitrogen and oxygen atoms in total. The van der Waals surface area contributed by atoms with E-state index in [-0.39, 0.29) is 10.8 Å². The van der Waals surface area contributed by atoms with Crippen molar-refractivity contribution >= 4 is 10.0 Å². The molecule has 0 radical (unpaired) electrons. The first-order valence-electron chi connectivity index (χ1n) is 8.04.